The first kappa shape index (κ1) is 18.1. The second kappa shape index (κ2) is 7.38. The highest BCUT2D eigenvalue weighted by atomic mass is 16.3. The molecular weight excluding hydrogens is 354 g/mol. The van der Waals surface area contributed by atoms with E-state index in [2.05, 4.69) is 10.6 Å². The average molecular weight is 377 g/mol. The average Bonchev–Trinajstić information content (AvgIpc) is 3.05. The molecule has 0 atom stereocenters. The number of rotatable bonds is 4. The van der Waals surface area contributed by atoms with Crippen LogP contribution >= 0.6 is 0 Å². The Kier molecular flexibility index (Phi) is 4.77. The lowest BCUT2D eigenvalue weighted by Gasteiger charge is -2.28. The summed E-state index contributed by atoms with van der Waals surface area (Å²) >= 11 is 0. The molecule has 1 aromatic heterocycles. The monoisotopic (exact) mass is 377 g/mol. The lowest BCUT2D eigenvalue weighted by atomic mass is 10.1. The van der Waals surface area contributed by atoms with Crippen molar-refractivity contribution in [3.63, 3.8) is 0 Å². The molecule has 1 saturated heterocycles. The largest absolute Gasteiger partial charge is 0.450 e. The van der Waals surface area contributed by atoms with Crippen LogP contribution in [0.15, 0.2) is 46.9 Å². The van der Waals surface area contributed by atoms with Gasteiger partial charge in [0.25, 0.3) is 5.91 Å². The first-order valence-electron chi connectivity index (χ1n) is 9.40. The molecular formula is C22H23N3O3. The van der Waals surface area contributed by atoms with Crippen molar-refractivity contribution in [3.8, 4) is 0 Å². The minimum Gasteiger partial charge on any atom is -0.450 e. The van der Waals surface area contributed by atoms with Gasteiger partial charge in [0.1, 0.15) is 5.58 Å². The molecule has 0 unspecified atom stereocenters. The molecule has 6 heteroatoms. The maximum Gasteiger partial charge on any atom is 0.287 e. The van der Waals surface area contributed by atoms with Gasteiger partial charge in [-0.1, -0.05) is 30.3 Å². The number of furan rings is 1. The molecule has 4 rings (SSSR count). The van der Waals surface area contributed by atoms with Crippen molar-refractivity contribution in [3.05, 3.63) is 64.9 Å². The van der Waals surface area contributed by atoms with Crippen molar-refractivity contribution in [2.75, 3.05) is 24.5 Å². The number of hydrogen-bond acceptors (Lipinski definition) is 4. The number of benzene rings is 2. The summed E-state index contributed by atoms with van der Waals surface area (Å²) < 4.78 is 5.83. The summed E-state index contributed by atoms with van der Waals surface area (Å²) in [6, 6.07) is 13.8. The lowest BCUT2D eigenvalue weighted by Crippen LogP contribution is -2.47. The Bertz CT molecular complexity index is 1040. The van der Waals surface area contributed by atoms with Crippen LogP contribution in [0.2, 0.25) is 0 Å². The van der Waals surface area contributed by atoms with Crippen molar-refractivity contribution >= 4 is 28.5 Å². The van der Waals surface area contributed by atoms with Crippen molar-refractivity contribution in [2.24, 2.45) is 0 Å². The fourth-order valence-corrected chi connectivity index (χ4v) is 3.55. The third-order valence-electron chi connectivity index (χ3n) is 5.16. The number of nitrogens with one attached hydrogen (secondary N) is 2. The molecule has 0 saturated carbocycles. The van der Waals surface area contributed by atoms with Gasteiger partial charge < -0.3 is 20.0 Å². The fourth-order valence-electron chi connectivity index (χ4n) is 3.55. The van der Waals surface area contributed by atoms with E-state index in [4.69, 9.17) is 4.42 Å². The maximum absolute atomic E-state index is 12.6. The van der Waals surface area contributed by atoms with Crippen molar-refractivity contribution in [1.29, 1.82) is 0 Å². The van der Waals surface area contributed by atoms with Gasteiger partial charge in [0, 0.05) is 36.3 Å². The highest BCUT2D eigenvalue weighted by Gasteiger charge is 2.19. The Labute approximate surface area is 163 Å². The number of anilines is 1. The number of carbonyl (C=O) groups is 2. The molecule has 144 valence electrons. The summed E-state index contributed by atoms with van der Waals surface area (Å²) in [4.78, 5) is 26.2. The smallest absolute Gasteiger partial charge is 0.287 e. The molecule has 0 spiro atoms. The van der Waals surface area contributed by atoms with Crippen LogP contribution in [0.5, 0.6) is 0 Å². The van der Waals surface area contributed by atoms with Gasteiger partial charge in [0.15, 0.2) is 5.76 Å². The molecule has 2 amide bonds. The quantitative estimate of drug-likeness (QED) is 0.733. The zero-order valence-corrected chi connectivity index (χ0v) is 16.0. The van der Waals surface area contributed by atoms with E-state index in [0.29, 0.717) is 25.4 Å². The number of nitrogens with zero attached hydrogens (tertiary/aromatic N) is 1. The van der Waals surface area contributed by atoms with E-state index in [0.717, 1.165) is 39.9 Å². The minimum absolute atomic E-state index is 0.0408. The third-order valence-corrected chi connectivity index (χ3v) is 5.16. The number of amides is 2. The summed E-state index contributed by atoms with van der Waals surface area (Å²) in [5, 5.41) is 6.73. The van der Waals surface area contributed by atoms with E-state index in [1.54, 1.807) is 0 Å². The Balaban J connectivity index is 1.43. The molecule has 6 nitrogen and oxygen atoms in total. The second-order valence-electron chi connectivity index (χ2n) is 7.13. The topological polar surface area (TPSA) is 74.6 Å². The standard InChI is InChI=1S/C22H23N3O3/c1-14-4-3-5-18-15(2)21(28-20(14)18)22(27)24-12-16-6-8-17(9-7-16)25-11-10-23-19(26)13-25/h3-9H,10-13H2,1-2H3,(H,23,26)(H,24,27). The van der Waals surface area contributed by atoms with E-state index in [9.17, 15) is 9.59 Å². The Morgan fingerprint density at radius 2 is 1.96 bits per heavy atom. The van der Waals surface area contributed by atoms with Crippen LogP contribution < -0.4 is 15.5 Å². The first-order valence-corrected chi connectivity index (χ1v) is 9.40. The predicted molar refractivity (Wildman–Crippen MR) is 109 cm³/mol. The molecule has 1 aliphatic heterocycles. The van der Waals surface area contributed by atoms with Gasteiger partial charge in [0.2, 0.25) is 5.91 Å². The highest BCUT2D eigenvalue weighted by molar-refractivity contribution is 5.99. The van der Waals surface area contributed by atoms with Crippen LogP contribution in [0.3, 0.4) is 0 Å². The number of carbonyl (C=O) groups excluding carboxylic acids is 2. The molecule has 3 aromatic rings. The summed E-state index contributed by atoms with van der Waals surface area (Å²) in [5.74, 6) is 0.184. The van der Waals surface area contributed by atoms with Gasteiger partial charge in [0.05, 0.1) is 6.54 Å². The van der Waals surface area contributed by atoms with Crippen LogP contribution in [-0.4, -0.2) is 31.4 Å². The molecule has 0 bridgehead atoms. The summed E-state index contributed by atoms with van der Waals surface area (Å²) in [7, 11) is 0. The maximum atomic E-state index is 12.6. The number of para-hydroxylation sites is 1. The molecule has 2 aromatic carbocycles. The number of hydrogen-bond donors (Lipinski definition) is 2. The highest BCUT2D eigenvalue weighted by Crippen LogP contribution is 2.27. The molecule has 28 heavy (non-hydrogen) atoms. The zero-order valence-electron chi connectivity index (χ0n) is 16.0. The van der Waals surface area contributed by atoms with Crippen molar-refractivity contribution in [1.82, 2.24) is 10.6 Å². The zero-order chi connectivity index (χ0) is 19.7. The van der Waals surface area contributed by atoms with Gasteiger partial charge in [-0.3, -0.25) is 9.59 Å². The van der Waals surface area contributed by atoms with Gasteiger partial charge in [-0.25, -0.2) is 0 Å². The molecule has 2 heterocycles. The molecule has 0 aliphatic carbocycles. The molecule has 2 N–H and O–H groups in total. The van der Waals surface area contributed by atoms with Gasteiger partial charge in [-0.2, -0.15) is 0 Å². The summed E-state index contributed by atoms with van der Waals surface area (Å²) in [5.41, 5.74) is 4.63. The van der Waals surface area contributed by atoms with Crippen molar-refractivity contribution < 1.29 is 14.0 Å². The van der Waals surface area contributed by atoms with E-state index in [1.807, 2.05) is 61.2 Å². The van der Waals surface area contributed by atoms with E-state index in [1.165, 1.54) is 0 Å². The van der Waals surface area contributed by atoms with Crippen LogP contribution in [0, 0.1) is 13.8 Å². The van der Waals surface area contributed by atoms with Crippen molar-refractivity contribution in [2.45, 2.75) is 20.4 Å². The normalized spacial score (nSPS) is 14.2. The number of fused-ring (bicyclic) bond motifs is 1. The lowest BCUT2D eigenvalue weighted by molar-refractivity contribution is -0.120. The van der Waals surface area contributed by atoms with Crippen LogP contribution in [0.1, 0.15) is 27.2 Å². The summed E-state index contributed by atoms with van der Waals surface area (Å²) in [6.45, 7) is 6.12. The van der Waals surface area contributed by atoms with Gasteiger partial charge in [-0.15, -0.1) is 0 Å². The predicted octanol–water partition coefficient (Wildman–Crippen LogP) is 2.92. The van der Waals surface area contributed by atoms with Crippen LogP contribution in [0.25, 0.3) is 11.0 Å². The Morgan fingerprint density at radius 3 is 2.68 bits per heavy atom. The summed E-state index contributed by atoms with van der Waals surface area (Å²) in [6.07, 6.45) is 0. The molecule has 1 aliphatic rings. The number of aryl methyl sites for hydroxylation is 2. The fraction of sp³-hybridized carbons (Fsp3) is 0.273. The third kappa shape index (κ3) is 3.45. The van der Waals surface area contributed by atoms with Gasteiger partial charge in [-0.05, 0) is 37.1 Å². The first-order chi connectivity index (χ1) is 13.5. The Morgan fingerprint density at radius 1 is 1.18 bits per heavy atom. The van der Waals surface area contributed by atoms with E-state index >= 15 is 0 Å². The molecule has 0 radical (unpaired) electrons. The van der Waals surface area contributed by atoms with Gasteiger partial charge >= 0.3 is 0 Å². The van der Waals surface area contributed by atoms with E-state index in [-0.39, 0.29) is 11.8 Å². The van der Waals surface area contributed by atoms with E-state index < -0.39 is 0 Å². The minimum atomic E-state index is -0.218. The van der Waals surface area contributed by atoms with Crippen LogP contribution in [-0.2, 0) is 11.3 Å². The number of piperazine rings is 1. The Hall–Kier alpha value is -3.28. The SMILES string of the molecule is Cc1c(C(=O)NCc2ccc(N3CCNC(=O)C3)cc2)oc2c(C)cccc12. The molecule has 1 fully saturated rings. The second-order valence-corrected chi connectivity index (χ2v) is 7.13. The van der Waals surface area contributed by atoms with Crippen LogP contribution in [0.4, 0.5) is 5.69 Å².